The normalized spacial score (nSPS) is 16.8. The van der Waals surface area contributed by atoms with Crippen molar-refractivity contribution in [3.05, 3.63) is 35.8 Å². The van der Waals surface area contributed by atoms with Crippen LogP contribution in [0.4, 0.5) is 4.39 Å². The fourth-order valence-corrected chi connectivity index (χ4v) is 2.71. The third-order valence-corrected chi connectivity index (χ3v) is 3.97. The molecule has 1 aliphatic rings. The molecule has 4 nitrogen and oxygen atoms in total. The first kappa shape index (κ1) is 13.1. The monoisotopic (exact) mass is 276 g/mol. The van der Waals surface area contributed by atoms with Crippen LogP contribution in [0.5, 0.6) is 0 Å². The van der Waals surface area contributed by atoms with E-state index in [9.17, 15) is 9.18 Å². The van der Waals surface area contributed by atoms with E-state index >= 15 is 0 Å². The Bertz CT molecular complexity index is 630. The molecule has 0 atom stereocenters. The predicted molar refractivity (Wildman–Crippen MR) is 74.0 cm³/mol. The first-order chi connectivity index (χ1) is 9.67. The smallest absolute Gasteiger partial charge is 0.270 e. The number of benzene rings is 1. The lowest BCUT2D eigenvalue weighted by molar-refractivity contribution is 0.0646. The minimum Gasteiger partial charge on any atom is -0.396 e. The van der Waals surface area contributed by atoms with Gasteiger partial charge < -0.3 is 15.0 Å². The summed E-state index contributed by atoms with van der Waals surface area (Å²) in [6, 6.07) is 6.12. The van der Waals surface area contributed by atoms with Gasteiger partial charge in [0, 0.05) is 30.6 Å². The maximum absolute atomic E-state index is 13.2. The van der Waals surface area contributed by atoms with Crippen LogP contribution < -0.4 is 0 Å². The highest BCUT2D eigenvalue weighted by atomic mass is 19.1. The molecule has 1 saturated heterocycles. The molecule has 3 rings (SSSR count). The number of carbonyl (C=O) groups is 1. The summed E-state index contributed by atoms with van der Waals surface area (Å²) in [6.45, 7) is 1.51. The summed E-state index contributed by atoms with van der Waals surface area (Å²) in [4.78, 5) is 17.2. The van der Waals surface area contributed by atoms with Gasteiger partial charge in [0.25, 0.3) is 5.91 Å². The molecule has 1 aromatic heterocycles. The fourth-order valence-electron chi connectivity index (χ4n) is 2.71. The third-order valence-electron chi connectivity index (χ3n) is 3.97. The van der Waals surface area contributed by atoms with Crippen LogP contribution in [-0.2, 0) is 0 Å². The highest BCUT2D eigenvalue weighted by Gasteiger charge is 2.24. The first-order valence-corrected chi connectivity index (χ1v) is 6.86. The molecule has 0 spiro atoms. The summed E-state index contributed by atoms with van der Waals surface area (Å²) in [6.07, 6.45) is 1.66. The van der Waals surface area contributed by atoms with Gasteiger partial charge in [0.1, 0.15) is 11.5 Å². The number of likely N-dealkylation sites (tertiary alicyclic amines) is 1. The molecule has 0 radical (unpaired) electrons. The van der Waals surface area contributed by atoms with Gasteiger partial charge in [-0.2, -0.15) is 0 Å². The maximum Gasteiger partial charge on any atom is 0.270 e. The molecule has 2 aromatic rings. The van der Waals surface area contributed by atoms with Crippen molar-refractivity contribution in [3.63, 3.8) is 0 Å². The number of nitrogens with one attached hydrogen (secondary N) is 1. The van der Waals surface area contributed by atoms with Crippen LogP contribution >= 0.6 is 0 Å². The van der Waals surface area contributed by atoms with E-state index in [1.54, 1.807) is 17.0 Å². The van der Waals surface area contributed by atoms with Gasteiger partial charge in [0.05, 0.1) is 0 Å². The molecule has 0 unspecified atom stereocenters. The van der Waals surface area contributed by atoms with Crippen molar-refractivity contribution in [2.24, 2.45) is 5.92 Å². The van der Waals surface area contributed by atoms with E-state index in [0.29, 0.717) is 30.1 Å². The fraction of sp³-hybridized carbons (Fsp3) is 0.400. The number of aliphatic hydroxyl groups excluding tert-OH is 1. The average Bonchev–Trinajstić information content (AvgIpc) is 2.89. The second-order valence-electron chi connectivity index (χ2n) is 5.33. The van der Waals surface area contributed by atoms with Gasteiger partial charge in [-0.3, -0.25) is 4.79 Å². The Balaban J connectivity index is 1.79. The predicted octanol–water partition coefficient (Wildman–Crippen LogP) is 2.15. The van der Waals surface area contributed by atoms with E-state index in [0.717, 1.165) is 18.4 Å². The minimum absolute atomic E-state index is 0.0574. The van der Waals surface area contributed by atoms with Crippen molar-refractivity contribution < 1.29 is 14.3 Å². The Kier molecular flexibility index (Phi) is 3.44. The van der Waals surface area contributed by atoms with E-state index in [2.05, 4.69) is 4.98 Å². The third kappa shape index (κ3) is 2.41. The van der Waals surface area contributed by atoms with Crippen molar-refractivity contribution in [2.45, 2.75) is 12.8 Å². The van der Waals surface area contributed by atoms with Crippen molar-refractivity contribution in [3.8, 4) is 0 Å². The van der Waals surface area contributed by atoms with Gasteiger partial charge in [-0.1, -0.05) is 0 Å². The van der Waals surface area contributed by atoms with Crippen molar-refractivity contribution in [1.82, 2.24) is 9.88 Å². The number of piperidine rings is 1. The van der Waals surface area contributed by atoms with Crippen LogP contribution in [0.3, 0.4) is 0 Å². The number of halogens is 1. The number of hydrogen-bond donors (Lipinski definition) is 2. The molecule has 0 bridgehead atoms. The van der Waals surface area contributed by atoms with Crippen LogP contribution in [0, 0.1) is 11.7 Å². The van der Waals surface area contributed by atoms with E-state index in [4.69, 9.17) is 5.11 Å². The molecule has 5 heteroatoms. The Morgan fingerprint density at radius 3 is 2.80 bits per heavy atom. The van der Waals surface area contributed by atoms with Gasteiger partial charge in [-0.25, -0.2) is 4.39 Å². The van der Waals surface area contributed by atoms with Gasteiger partial charge >= 0.3 is 0 Å². The number of aliphatic hydroxyl groups is 1. The average molecular weight is 276 g/mol. The second-order valence-corrected chi connectivity index (χ2v) is 5.33. The largest absolute Gasteiger partial charge is 0.396 e. The number of carbonyl (C=O) groups excluding carboxylic acids is 1. The standard InChI is InChI=1S/C15H17FN2O2/c16-12-1-2-13-11(7-12)8-14(17-13)15(20)18-5-3-10(9-19)4-6-18/h1-2,7-8,10,17,19H,3-6,9H2. The summed E-state index contributed by atoms with van der Waals surface area (Å²) >= 11 is 0. The maximum atomic E-state index is 13.2. The number of fused-ring (bicyclic) bond motifs is 1. The zero-order valence-electron chi connectivity index (χ0n) is 11.1. The lowest BCUT2D eigenvalue weighted by Crippen LogP contribution is -2.39. The van der Waals surface area contributed by atoms with Crippen molar-refractivity contribution >= 4 is 16.8 Å². The summed E-state index contributed by atoms with van der Waals surface area (Å²) in [5.74, 6) is -0.0619. The molecule has 2 heterocycles. The SMILES string of the molecule is O=C(c1cc2cc(F)ccc2[nH]1)N1CCC(CO)CC1. The molecule has 20 heavy (non-hydrogen) atoms. The highest BCUT2D eigenvalue weighted by molar-refractivity contribution is 5.98. The topological polar surface area (TPSA) is 56.3 Å². The Hall–Kier alpha value is -1.88. The van der Waals surface area contributed by atoms with E-state index in [1.807, 2.05) is 0 Å². The Morgan fingerprint density at radius 2 is 2.10 bits per heavy atom. The molecule has 106 valence electrons. The number of H-pyrrole nitrogens is 1. The van der Waals surface area contributed by atoms with Gasteiger partial charge in [0.2, 0.25) is 0 Å². The summed E-state index contributed by atoms with van der Waals surface area (Å²) < 4.78 is 13.2. The highest BCUT2D eigenvalue weighted by Crippen LogP contribution is 2.21. The van der Waals surface area contributed by atoms with Gasteiger partial charge in [0.15, 0.2) is 0 Å². The zero-order valence-corrected chi connectivity index (χ0v) is 11.1. The van der Waals surface area contributed by atoms with Gasteiger partial charge in [-0.15, -0.1) is 0 Å². The summed E-state index contributed by atoms with van der Waals surface area (Å²) in [7, 11) is 0. The number of hydrogen-bond acceptors (Lipinski definition) is 2. The summed E-state index contributed by atoms with van der Waals surface area (Å²) in [5.41, 5.74) is 1.26. The Morgan fingerprint density at radius 1 is 1.35 bits per heavy atom. The van der Waals surface area contributed by atoms with Gasteiger partial charge in [-0.05, 0) is 43.0 Å². The number of aromatic amines is 1. The van der Waals surface area contributed by atoms with Crippen molar-refractivity contribution in [1.29, 1.82) is 0 Å². The van der Waals surface area contributed by atoms with Crippen LogP contribution in [0.1, 0.15) is 23.3 Å². The number of aromatic nitrogens is 1. The summed E-state index contributed by atoms with van der Waals surface area (Å²) in [5, 5.41) is 9.82. The lowest BCUT2D eigenvalue weighted by Gasteiger charge is -2.30. The number of amides is 1. The van der Waals surface area contributed by atoms with E-state index in [-0.39, 0.29) is 18.3 Å². The number of nitrogens with zero attached hydrogens (tertiary/aromatic N) is 1. The van der Waals surface area contributed by atoms with Crippen molar-refractivity contribution in [2.75, 3.05) is 19.7 Å². The minimum atomic E-state index is -0.306. The van der Waals surface area contributed by atoms with Crippen LogP contribution in [0.25, 0.3) is 10.9 Å². The molecular formula is C15H17FN2O2. The molecule has 2 N–H and O–H groups in total. The Labute approximate surface area is 116 Å². The zero-order chi connectivity index (χ0) is 14.1. The number of rotatable bonds is 2. The molecular weight excluding hydrogens is 259 g/mol. The lowest BCUT2D eigenvalue weighted by atomic mass is 9.98. The molecule has 1 amide bonds. The van der Waals surface area contributed by atoms with E-state index in [1.165, 1.54) is 12.1 Å². The quantitative estimate of drug-likeness (QED) is 0.883. The first-order valence-electron chi connectivity index (χ1n) is 6.86. The van der Waals surface area contributed by atoms with Crippen LogP contribution in [-0.4, -0.2) is 40.6 Å². The molecule has 0 aliphatic carbocycles. The molecule has 1 aromatic carbocycles. The second kappa shape index (κ2) is 5.25. The van der Waals surface area contributed by atoms with Crippen LogP contribution in [0.15, 0.2) is 24.3 Å². The van der Waals surface area contributed by atoms with E-state index < -0.39 is 0 Å². The molecule has 1 fully saturated rings. The van der Waals surface area contributed by atoms with Crippen LogP contribution in [0.2, 0.25) is 0 Å². The molecule has 1 aliphatic heterocycles. The molecule has 0 saturated carbocycles.